The lowest BCUT2D eigenvalue weighted by Gasteiger charge is -2.41. The minimum Gasteiger partial charge on any atom is -0.365 e. The van der Waals surface area contributed by atoms with Gasteiger partial charge in [-0.05, 0) is 13.0 Å². The fraction of sp³-hybridized carbons (Fsp3) is 0.875. The summed E-state index contributed by atoms with van der Waals surface area (Å²) >= 11 is 0. The van der Waals surface area contributed by atoms with Crippen LogP contribution < -0.4 is 5.32 Å². The summed E-state index contributed by atoms with van der Waals surface area (Å²) < 4.78 is 5.41. The molecule has 2 fully saturated rings. The zero-order chi connectivity index (χ0) is 8.55. The van der Waals surface area contributed by atoms with Crippen LogP contribution in [0.25, 0.3) is 0 Å². The zero-order valence-electron chi connectivity index (χ0n) is 7.25. The van der Waals surface area contributed by atoms with Crippen LogP contribution in [-0.2, 0) is 9.53 Å². The SMILES string of the molecule is CN1C(=O)CO[C@@H]2CNCC[C@@H]21. The van der Waals surface area contributed by atoms with E-state index in [4.69, 9.17) is 4.74 Å². The Morgan fingerprint density at radius 3 is 3.33 bits per heavy atom. The molecule has 12 heavy (non-hydrogen) atoms. The quantitative estimate of drug-likeness (QED) is 0.518. The second kappa shape index (κ2) is 3.03. The van der Waals surface area contributed by atoms with Crippen LogP contribution in [0.5, 0.6) is 0 Å². The largest absolute Gasteiger partial charge is 0.365 e. The average molecular weight is 170 g/mol. The van der Waals surface area contributed by atoms with Crippen molar-refractivity contribution in [1.82, 2.24) is 10.2 Å². The molecule has 0 bridgehead atoms. The number of ether oxygens (including phenoxy) is 1. The standard InChI is InChI=1S/C8H14N2O2/c1-10-6-2-3-9-4-7(6)12-5-8(10)11/h6-7,9H,2-5H2,1H3/t6-,7+/m0/s1. The van der Waals surface area contributed by atoms with Crippen LogP contribution in [0.3, 0.4) is 0 Å². The van der Waals surface area contributed by atoms with Gasteiger partial charge in [-0.3, -0.25) is 4.79 Å². The zero-order valence-corrected chi connectivity index (χ0v) is 7.25. The molecule has 2 heterocycles. The van der Waals surface area contributed by atoms with E-state index in [2.05, 4.69) is 5.32 Å². The minimum absolute atomic E-state index is 0.109. The van der Waals surface area contributed by atoms with Crippen LogP contribution in [-0.4, -0.2) is 49.7 Å². The second-order valence-electron chi connectivity index (χ2n) is 3.41. The Morgan fingerprint density at radius 2 is 2.50 bits per heavy atom. The molecule has 4 heteroatoms. The van der Waals surface area contributed by atoms with Crippen LogP contribution in [0.2, 0.25) is 0 Å². The van der Waals surface area contributed by atoms with Crippen molar-refractivity contribution in [1.29, 1.82) is 0 Å². The first-order chi connectivity index (χ1) is 5.79. The summed E-state index contributed by atoms with van der Waals surface area (Å²) in [4.78, 5) is 13.1. The number of morpholine rings is 1. The number of nitrogens with one attached hydrogen (secondary N) is 1. The Morgan fingerprint density at radius 1 is 1.67 bits per heavy atom. The molecule has 0 spiro atoms. The minimum atomic E-state index is 0.109. The number of piperidine rings is 1. The molecule has 2 rings (SSSR count). The molecule has 4 nitrogen and oxygen atoms in total. The van der Waals surface area contributed by atoms with E-state index in [1.165, 1.54) is 0 Å². The number of hydrogen-bond acceptors (Lipinski definition) is 3. The van der Waals surface area contributed by atoms with Gasteiger partial charge in [0.1, 0.15) is 6.61 Å². The Bertz CT molecular complexity index is 195. The van der Waals surface area contributed by atoms with Gasteiger partial charge in [0.15, 0.2) is 0 Å². The lowest BCUT2D eigenvalue weighted by atomic mass is 10.0. The van der Waals surface area contributed by atoms with Gasteiger partial charge in [-0.25, -0.2) is 0 Å². The monoisotopic (exact) mass is 170 g/mol. The van der Waals surface area contributed by atoms with E-state index in [9.17, 15) is 4.79 Å². The summed E-state index contributed by atoms with van der Waals surface area (Å²) in [5.74, 6) is 0.109. The van der Waals surface area contributed by atoms with E-state index < -0.39 is 0 Å². The predicted octanol–water partition coefficient (Wildman–Crippen LogP) is -0.794. The molecule has 1 N–H and O–H groups in total. The van der Waals surface area contributed by atoms with Gasteiger partial charge in [0.25, 0.3) is 0 Å². The summed E-state index contributed by atoms with van der Waals surface area (Å²) in [5, 5.41) is 3.26. The fourth-order valence-electron chi connectivity index (χ4n) is 1.89. The molecule has 2 atom stereocenters. The number of carbonyl (C=O) groups excluding carboxylic acids is 1. The topological polar surface area (TPSA) is 41.6 Å². The molecule has 2 saturated heterocycles. The summed E-state index contributed by atoms with van der Waals surface area (Å²) in [7, 11) is 1.87. The molecule has 0 unspecified atom stereocenters. The molecular formula is C8H14N2O2. The highest BCUT2D eigenvalue weighted by molar-refractivity contribution is 5.78. The maximum atomic E-state index is 11.2. The summed E-state index contributed by atoms with van der Waals surface area (Å²) in [6, 6.07) is 0.299. The number of hydrogen-bond donors (Lipinski definition) is 1. The molecule has 0 aromatic rings. The molecule has 0 radical (unpaired) electrons. The van der Waals surface area contributed by atoms with Crippen molar-refractivity contribution < 1.29 is 9.53 Å². The van der Waals surface area contributed by atoms with Crippen LogP contribution >= 0.6 is 0 Å². The molecule has 2 aliphatic heterocycles. The Hall–Kier alpha value is -0.610. The first kappa shape index (κ1) is 8.01. The van der Waals surface area contributed by atoms with Crippen molar-refractivity contribution in [3.8, 4) is 0 Å². The van der Waals surface area contributed by atoms with Gasteiger partial charge in [0.05, 0.1) is 12.1 Å². The van der Waals surface area contributed by atoms with E-state index in [0.717, 1.165) is 19.5 Å². The summed E-state index contributed by atoms with van der Waals surface area (Å²) in [6.07, 6.45) is 1.22. The number of likely N-dealkylation sites (N-methyl/N-ethyl adjacent to an activating group) is 1. The van der Waals surface area contributed by atoms with Gasteiger partial charge in [0.2, 0.25) is 5.91 Å². The molecule has 1 amide bonds. The second-order valence-corrected chi connectivity index (χ2v) is 3.41. The average Bonchev–Trinajstić information content (AvgIpc) is 2.12. The third kappa shape index (κ3) is 1.21. The van der Waals surface area contributed by atoms with Gasteiger partial charge in [-0.15, -0.1) is 0 Å². The first-order valence-electron chi connectivity index (χ1n) is 4.37. The Labute approximate surface area is 71.9 Å². The lowest BCUT2D eigenvalue weighted by Crippen LogP contribution is -2.59. The van der Waals surface area contributed by atoms with Crippen molar-refractivity contribution in [3.05, 3.63) is 0 Å². The van der Waals surface area contributed by atoms with Crippen molar-refractivity contribution in [2.45, 2.75) is 18.6 Å². The van der Waals surface area contributed by atoms with Crippen LogP contribution in [0.15, 0.2) is 0 Å². The van der Waals surface area contributed by atoms with E-state index in [1.54, 1.807) is 0 Å². The van der Waals surface area contributed by atoms with Crippen LogP contribution in [0.4, 0.5) is 0 Å². The van der Waals surface area contributed by atoms with E-state index in [1.807, 2.05) is 11.9 Å². The third-order valence-electron chi connectivity index (χ3n) is 2.70. The number of carbonyl (C=O) groups is 1. The molecule has 68 valence electrons. The fourth-order valence-corrected chi connectivity index (χ4v) is 1.89. The summed E-state index contributed by atoms with van der Waals surface area (Å²) in [5.41, 5.74) is 0. The van der Waals surface area contributed by atoms with Gasteiger partial charge in [0, 0.05) is 13.6 Å². The highest BCUT2D eigenvalue weighted by Crippen LogP contribution is 2.18. The number of amides is 1. The molecule has 0 aromatic carbocycles. The molecule has 2 aliphatic rings. The lowest BCUT2D eigenvalue weighted by molar-refractivity contribution is -0.156. The summed E-state index contributed by atoms with van der Waals surface area (Å²) in [6.45, 7) is 2.11. The third-order valence-corrected chi connectivity index (χ3v) is 2.70. The van der Waals surface area contributed by atoms with Gasteiger partial charge in [-0.2, -0.15) is 0 Å². The van der Waals surface area contributed by atoms with E-state index in [0.29, 0.717) is 6.04 Å². The normalized spacial score (nSPS) is 36.4. The smallest absolute Gasteiger partial charge is 0.248 e. The van der Waals surface area contributed by atoms with Crippen LogP contribution in [0, 0.1) is 0 Å². The maximum absolute atomic E-state index is 11.2. The van der Waals surface area contributed by atoms with Crippen molar-refractivity contribution in [2.75, 3.05) is 26.7 Å². The number of fused-ring (bicyclic) bond motifs is 1. The van der Waals surface area contributed by atoms with Gasteiger partial charge < -0.3 is 15.0 Å². The highest BCUT2D eigenvalue weighted by atomic mass is 16.5. The number of nitrogens with zero attached hydrogens (tertiary/aromatic N) is 1. The van der Waals surface area contributed by atoms with Crippen molar-refractivity contribution in [2.24, 2.45) is 0 Å². The van der Waals surface area contributed by atoms with Gasteiger partial charge >= 0.3 is 0 Å². The van der Waals surface area contributed by atoms with Crippen molar-refractivity contribution in [3.63, 3.8) is 0 Å². The molecule has 0 aliphatic carbocycles. The first-order valence-corrected chi connectivity index (χ1v) is 4.37. The predicted molar refractivity (Wildman–Crippen MR) is 43.8 cm³/mol. The van der Waals surface area contributed by atoms with E-state index in [-0.39, 0.29) is 18.6 Å². The Balaban J connectivity index is 2.08. The van der Waals surface area contributed by atoms with Crippen molar-refractivity contribution >= 4 is 5.91 Å². The van der Waals surface area contributed by atoms with Crippen LogP contribution in [0.1, 0.15) is 6.42 Å². The molecular weight excluding hydrogens is 156 g/mol. The maximum Gasteiger partial charge on any atom is 0.248 e. The molecule has 0 saturated carbocycles. The number of rotatable bonds is 0. The highest BCUT2D eigenvalue weighted by Gasteiger charge is 2.35. The van der Waals surface area contributed by atoms with Gasteiger partial charge in [-0.1, -0.05) is 0 Å². The molecule has 0 aromatic heterocycles. The Kier molecular flexibility index (Phi) is 2.02. The van der Waals surface area contributed by atoms with E-state index >= 15 is 0 Å².